The summed E-state index contributed by atoms with van der Waals surface area (Å²) in [5.74, 6) is 1.97. The van der Waals surface area contributed by atoms with Gasteiger partial charge in [-0.25, -0.2) is 9.97 Å². The lowest BCUT2D eigenvalue weighted by Crippen LogP contribution is -2.34. The van der Waals surface area contributed by atoms with Crippen LogP contribution in [-0.4, -0.2) is 59.5 Å². The molecule has 204 valence electrons. The summed E-state index contributed by atoms with van der Waals surface area (Å²) in [5, 5.41) is 18.8. The lowest BCUT2D eigenvalue weighted by atomic mass is 9.97. The topological polar surface area (TPSA) is 126 Å². The molecule has 1 saturated heterocycles. The van der Waals surface area contributed by atoms with Gasteiger partial charge in [-0.1, -0.05) is 12.1 Å². The highest BCUT2D eigenvalue weighted by atomic mass is 16.5. The van der Waals surface area contributed by atoms with Crippen LogP contribution in [0.3, 0.4) is 0 Å². The number of aromatic amines is 1. The molecular weight excluding hydrogens is 506 g/mol. The molecule has 0 saturated carbocycles. The lowest BCUT2D eigenvalue weighted by Gasteiger charge is -2.21. The van der Waals surface area contributed by atoms with Gasteiger partial charge in [0.15, 0.2) is 5.82 Å². The molecule has 10 nitrogen and oxygen atoms in total. The number of benzene rings is 3. The quantitative estimate of drug-likeness (QED) is 0.196. The van der Waals surface area contributed by atoms with Crippen molar-refractivity contribution in [3.63, 3.8) is 0 Å². The number of ether oxygens (including phenoxy) is 2. The van der Waals surface area contributed by atoms with Gasteiger partial charge in [0, 0.05) is 40.7 Å². The van der Waals surface area contributed by atoms with Gasteiger partial charge < -0.3 is 25.4 Å². The summed E-state index contributed by atoms with van der Waals surface area (Å²) in [7, 11) is 1.64. The fraction of sp³-hybridized carbons (Fsp3) is 0.267. The van der Waals surface area contributed by atoms with Gasteiger partial charge in [0.1, 0.15) is 18.2 Å². The van der Waals surface area contributed by atoms with E-state index < -0.39 is 0 Å². The number of anilines is 3. The van der Waals surface area contributed by atoms with E-state index in [0.29, 0.717) is 30.6 Å². The Bertz CT molecular complexity index is 1650. The number of piperidine rings is 1. The average molecular weight is 538 g/mol. The van der Waals surface area contributed by atoms with E-state index >= 15 is 0 Å². The van der Waals surface area contributed by atoms with Crippen molar-refractivity contribution in [3.8, 4) is 17.1 Å². The zero-order valence-electron chi connectivity index (χ0n) is 22.2. The van der Waals surface area contributed by atoms with Gasteiger partial charge in [0.2, 0.25) is 5.91 Å². The zero-order chi connectivity index (χ0) is 27.3. The molecule has 0 atom stereocenters. The molecule has 0 unspecified atom stereocenters. The normalized spacial score (nSPS) is 13.9. The van der Waals surface area contributed by atoms with E-state index in [1.54, 1.807) is 13.3 Å². The predicted octanol–water partition coefficient (Wildman–Crippen LogP) is 4.88. The monoisotopic (exact) mass is 537 g/mol. The molecule has 10 heteroatoms. The fourth-order valence-electron chi connectivity index (χ4n) is 4.89. The second kappa shape index (κ2) is 11.7. The Morgan fingerprint density at radius 2 is 1.90 bits per heavy atom. The van der Waals surface area contributed by atoms with Gasteiger partial charge in [0.25, 0.3) is 0 Å². The van der Waals surface area contributed by atoms with Crippen molar-refractivity contribution in [1.29, 1.82) is 0 Å². The number of carbonyl (C=O) groups excluding carboxylic acids is 1. The fourth-order valence-corrected chi connectivity index (χ4v) is 4.89. The third-order valence-electron chi connectivity index (χ3n) is 7.02. The van der Waals surface area contributed by atoms with Crippen LogP contribution in [0.15, 0.2) is 66.9 Å². The van der Waals surface area contributed by atoms with Crippen LogP contribution < -0.4 is 20.7 Å². The minimum absolute atomic E-state index is 0.0190. The van der Waals surface area contributed by atoms with Crippen LogP contribution in [0.25, 0.3) is 33.2 Å². The average Bonchev–Trinajstić information content (AvgIpc) is 3.46. The molecule has 1 amide bonds. The number of carbonyl (C=O) groups is 1. The molecule has 1 fully saturated rings. The number of amides is 1. The van der Waals surface area contributed by atoms with Crippen LogP contribution >= 0.6 is 0 Å². The second-order valence-corrected chi connectivity index (χ2v) is 9.81. The van der Waals surface area contributed by atoms with Gasteiger partial charge >= 0.3 is 0 Å². The van der Waals surface area contributed by atoms with E-state index in [1.807, 2.05) is 60.7 Å². The smallest absolute Gasteiger partial charge is 0.227 e. The first kappa shape index (κ1) is 25.7. The van der Waals surface area contributed by atoms with Crippen molar-refractivity contribution in [2.75, 3.05) is 44.0 Å². The first-order valence-electron chi connectivity index (χ1n) is 13.4. The Morgan fingerprint density at radius 3 is 2.77 bits per heavy atom. The highest BCUT2D eigenvalue weighted by Gasteiger charge is 2.21. The number of methoxy groups -OCH3 is 1. The van der Waals surface area contributed by atoms with Gasteiger partial charge in [-0.2, -0.15) is 5.10 Å². The standard InChI is InChI=1S/C30H31N7O3/c1-39-13-14-40-24-6-8-27-25(17-24)29(33-23-5-7-26-21(16-23)18-32-37-26)36-28(35-27)20-3-2-4-22(15-20)34-30(38)19-9-11-31-12-10-19/h2-8,15-19,31H,9-14H2,1H3,(H,32,37)(H,34,38)(H,33,35,36). The maximum Gasteiger partial charge on any atom is 0.227 e. The van der Waals surface area contributed by atoms with Crippen LogP contribution in [-0.2, 0) is 9.53 Å². The summed E-state index contributed by atoms with van der Waals surface area (Å²) in [6, 6.07) is 19.4. The lowest BCUT2D eigenvalue weighted by molar-refractivity contribution is -0.120. The van der Waals surface area contributed by atoms with Crippen LogP contribution in [0.4, 0.5) is 17.2 Å². The largest absolute Gasteiger partial charge is 0.491 e. The Morgan fingerprint density at radius 1 is 1.00 bits per heavy atom. The molecule has 1 aliphatic rings. The molecule has 2 aromatic heterocycles. The minimum Gasteiger partial charge on any atom is -0.491 e. The number of nitrogens with one attached hydrogen (secondary N) is 4. The molecule has 5 aromatic rings. The van der Waals surface area contributed by atoms with Gasteiger partial charge in [-0.15, -0.1) is 0 Å². The summed E-state index contributed by atoms with van der Waals surface area (Å²) in [6.07, 6.45) is 3.47. The number of aromatic nitrogens is 4. The van der Waals surface area contributed by atoms with Crippen molar-refractivity contribution in [3.05, 3.63) is 66.9 Å². The first-order valence-corrected chi connectivity index (χ1v) is 13.4. The van der Waals surface area contributed by atoms with E-state index in [2.05, 4.69) is 26.1 Å². The summed E-state index contributed by atoms with van der Waals surface area (Å²) < 4.78 is 11.0. The molecule has 3 aromatic carbocycles. The maximum absolute atomic E-state index is 12.8. The molecule has 0 radical (unpaired) electrons. The Labute approximate surface area is 231 Å². The van der Waals surface area contributed by atoms with Crippen molar-refractivity contribution < 1.29 is 14.3 Å². The van der Waals surface area contributed by atoms with Crippen LogP contribution in [0.1, 0.15) is 12.8 Å². The molecule has 40 heavy (non-hydrogen) atoms. The van der Waals surface area contributed by atoms with Crippen molar-refractivity contribution in [2.24, 2.45) is 5.92 Å². The number of rotatable bonds is 9. The molecule has 3 heterocycles. The van der Waals surface area contributed by atoms with E-state index in [1.165, 1.54) is 0 Å². The Balaban J connectivity index is 1.34. The SMILES string of the molecule is COCCOc1ccc2nc(-c3cccc(NC(=O)C4CCNCC4)c3)nc(Nc3ccc4[nH]ncc4c3)c2c1. The highest BCUT2D eigenvalue weighted by Crippen LogP contribution is 2.32. The summed E-state index contributed by atoms with van der Waals surface area (Å²) >= 11 is 0. The van der Waals surface area contributed by atoms with E-state index in [0.717, 1.165) is 64.7 Å². The van der Waals surface area contributed by atoms with Crippen molar-refractivity contribution in [1.82, 2.24) is 25.5 Å². The number of nitrogens with zero attached hydrogens (tertiary/aromatic N) is 3. The third-order valence-corrected chi connectivity index (χ3v) is 7.02. The van der Waals surface area contributed by atoms with Gasteiger partial charge in [-0.3, -0.25) is 9.89 Å². The van der Waals surface area contributed by atoms with Crippen LogP contribution in [0.5, 0.6) is 5.75 Å². The molecule has 1 aliphatic heterocycles. The van der Waals surface area contributed by atoms with E-state index in [9.17, 15) is 4.79 Å². The van der Waals surface area contributed by atoms with Gasteiger partial charge in [0.05, 0.1) is 23.8 Å². The predicted molar refractivity (Wildman–Crippen MR) is 156 cm³/mol. The second-order valence-electron chi connectivity index (χ2n) is 9.81. The number of fused-ring (bicyclic) bond motifs is 2. The molecule has 0 aliphatic carbocycles. The number of H-pyrrole nitrogens is 1. The summed E-state index contributed by atoms with van der Waals surface area (Å²) in [5.41, 5.74) is 4.12. The van der Waals surface area contributed by atoms with E-state index in [-0.39, 0.29) is 11.8 Å². The Kier molecular flexibility index (Phi) is 7.51. The molecule has 0 bridgehead atoms. The first-order chi connectivity index (χ1) is 19.7. The van der Waals surface area contributed by atoms with Gasteiger partial charge in [-0.05, 0) is 74.5 Å². The van der Waals surface area contributed by atoms with E-state index in [4.69, 9.17) is 19.4 Å². The number of hydrogen-bond acceptors (Lipinski definition) is 8. The molecule has 6 rings (SSSR count). The summed E-state index contributed by atoms with van der Waals surface area (Å²) in [6.45, 7) is 2.67. The number of hydrogen-bond donors (Lipinski definition) is 4. The van der Waals surface area contributed by atoms with Crippen molar-refractivity contribution >= 4 is 44.9 Å². The summed E-state index contributed by atoms with van der Waals surface area (Å²) in [4.78, 5) is 22.6. The third kappa shape index (κ3) is 5.73. The molecular formula is C30H31N7O3. The Hall–Kier alpha value is -4.54. The minimum atomic E-state index is 0.0190. The maximum atomic E-state index is 12.8. The zero-order valence-corrected chi connectivity index (χ0v) is 22.2. The molecule has 4 N–H and O–H groups in total. The molecule has 0 spiro atoms. The van der Waals surface area contributed by atoms with Crippen LogP contribution in [0, 0.1) is 5.92 Å². The van der Waals surface area contributed by atoms with Crippen molar-refractivity contribution in [2.45, 2.75) is 12.8 Å². The van der Waals surface area contributed by atoms with Crippen LogP contribution in [0.2, 0.25) is 0 Å². The highest BCUT2D eigenvalue weighted by molar-refractivity contribution is 5.95.